The van der Waals surface area contributed by atoms with Crippen molar-refractivity contribution in [2.45, 2.75) is 13.0 Å². The van der Waals surface area contributed by atoms with Gasteiger partial charge in [0.05, 0.1) is 5.92 Å². The van der Waals surface area contributed by atoms with Crippen LogP contribution in [0.4, 0.5) is 0 Å². The molecule has 4 N–H and O–H groups in total. The minimum Gasteiger partial charge on any atom is -0.508 e. The Morgan fingerprint density at radius 3 is 2.64 bits per heavy atom. The molecule has 0 spiro atoms. The summed E-state index contributed by atoms with van der Waals surface area (Å²) in [5.74, 6) is -1.52. The van der Waals surface area contributed by atoms with Crippen molar-refractivity contribution in [2.24, 2.45) is 11.7 Å². The van der Waals surface area contributed by atoms with E-state index in [4.69, 9.17) is 10.8 Å². The van der Waals surface area contributed by atoms with E-state index >= 15 is 0 Å². The standard InChI is InChI=1S/C10H13NO3/c1-6(10(13)14)9(11)7-3-2-4-8(12)5-7/h2-6,9,12H,11H2,1H3,(H,13,14). The van der Waals surface area contributed by atoms with Crippen LogP contribution in [0.15, 0.2) is 24.3 Å². The first-order valence-electron chi connectivity index (χ1n) is 4.29. The summed E-state index contributed by atoms with van der Waals surface area (Å²) >= 11 is 0. The third-order valence-electron chi connectivity index (χ3n) is 2.18. The predicted molar refractivity (Wildman–Crippen MR) is 51.8 cm³/mol. The highest BCUT2D eigenvalue weighted by Gasteiger charge is 2.21. The zero-order valence-electron chi connectivity index (χ0n) is 7.84. The summed E-state index contributed by atoms with van der Waals surface area (Å²) in [6, 6.07) is 5.73. The molecular formula is C10H13NO3. The number of aromatic hydroxyl groups is 1. The highest BCUT2D eigenvalue weighted by Crippen LogP contribution is 2.22. The number of carboxylic acid groups (broad SMARTS) is 1. The van der Waals surface area contributed by atoms with Crippen LogP contribution in [0.2, 0.25) is 0 Å². The number of hydrogen-bond donors (Lipinski definition) is 3. The van der Waals surface area contributed by atoms with Crippen molar-refractivity contribution in [3.63, 3.8) is 0 Å². The van der Waals surface area contributed by atoms with Crippen LogP contribution < -0.4 is 5.73 Å². The fourth-order valence-corrected chi connectivity index (χ4v) is 1.17. The van der Waals surface area contributed by atoms with E-state index in [0.717, 1.165) is 0 Å². The molecule has 0 aliphatic rings. The van der Waals surface area contributed by atoms with E-state index in [1.54, 1.807) is 12.1 Å². The topological polar surface area (TPSA) is 83.5 Å². The van der Waals surface area contributed by atoms with E-state index in [0.29, 0.717) is 5.56 Å². The van der Waals surface area contributed by atoms with E-state index < -0.39 is 17.9 Å². The molecule has 2 unspecified atom stereocenters. The first-order chi connectivity index (χ1) is 6.52. The van der Waals surface area contributed by atoms with Crippen molar-refractivity contribution in [1.29, 1.82) is 0 Å². The highest BCUT2D eigenvalue weighted by atomic mass is 16.4. The number of phenolic OH excluding ortho intramolecular Hbond substituents is 1. The van der Waals surface area contributed by atoms with E-state index in [9.17, 15) is 9.90 Å². The molecule has 0 aliphatic heterocycles. The Morgan fingerprint density at radius 2 is 2.14 bits per heavy atom. The molecule has 0 amide bonds. The number of aliphatic carboxylic acids is 1. The van der Waals surface area contributed by atoms with Crippen molar-refractivity contribution in [3.05, 3.63) is 29.8 Å². The van der Waals surface area contributed by atoms with E-state index in [1.165, 1.54) is 19.1 Å². The fourth-order valence-electron chi connectivity index (χ4n) is 1.17. The lowest BCUT2D eigenvalue weighted by atomic mass is 9.95. The Balaban J connectivity index is 2.89. The summed E-state index contributed by atoms with van der Waals surface area (Å²) in [5, 5.41) is 17.9. The number of nitrogens with two attached hydrogens (primary N) is 1. The first kappa shape index (κ1) is 10.5. The number of hydrogen-bond acceptors (Lipinski definition) is 3. The molecule has 0 heterocycles. The SMILES string of the molecule is CC(C(=O)O)C(N)c1cccc(O)c1. The molecule has 0 aliphatic carbocycles. The normalized spacial score (nSPS) is 14.7. The maximum atomic E-state index is 10.7. The molecule has 14 heavy (non-hydrogen) atoms. The van der Waals surface area contributed by atoms with Gasteiger partial charge in [0.2, 0.25) is 0 Å². The minimum absolute atomic E-state index is 0.0931. The van der Waals surface area contributed by atoms with Gasteiger partial charge in [-0.1, -0.05) is 19.1 Å². The Labute approximate surface area is 82.0 Å². The van der Waals surface area contributed by atoms with Crippen LogP contribution in [0.25, 0.3) is 0 Å². The third-order valence-corrected chi connectivity index (χ3v) is 2.18. The lowest BCUT2D eigenvalue weighted by Gasteiger charge is -2.16. The van der Waals surface area contributed by atoms with Crippen LogP contribution in [0.3, 0.4) is 0 Å². The molecule has 1 aromatic rings. The van der Waals surface area contributed by atoms with Crippen molar-refractivity contribution >= 4 is 5.97 Å². The fraction of sp³-hybridized carbons (Fsp3) is 0.300. The summed E-state index contributed by atoms with van der Waals surface area (Å²) in [4.78, 5) is 10.7. The average molecular weight is 195 g/mol. The maximum Gasteiger partial charge on any atom is 0.308 e. The number of carbonyl (C=O) groups is 1. The van der Waals surface area contributed by atoms with Crippen molar-refractivity contribution < 1.29 is 15.0 Å². The minimum atomic E-state index is -0.944. The van der Waals surface area contributed by atoms with Gasteiger partial charge in [0, 0.05) is 6.04 Å². The van der Waals surface area contributed by atoms with Gasteiger partial charge < -0.3 is 15.9 Å². The van der Waals surface area contributed by atoms with Gasteiger partial charge in [0.15, 0.2) is 0 Å². The average Bonchev–Trinajstić information content (AvgIpc) is 2.15. The first-order valence-corrected chi connectivity index (χ1v) is 4.29. The van der Waals surface area contributed by atoms with Crippen molar-refractivity contribution in [1.82, 2.24) is 0 Å². The molecule has 4 nitrogen and oxygen atoms in total. The second-order valence-electron chi connectivity index (χ2n) is 3.25. The molecule has 2 atom stereocenters. The van der Waals surface area contributed by atoms with Crippen LogP contribution in [-0.2, 0) is 4.79 Å². The summed E-state index contributed by atoms with van der Waals surface area (Å²) in [7, 11) is 0. The van der Waals surface area contributed by atoms with Crippen LogP contribution >= 0.6 is 0 Å². The van der Waals surface area contributed by atoms with E-state index in [-0.39, 0.29) is 5.75 Å². The van der Waals surface area contributed by atoms with Crippen LogP contribution in [0, 0.1) is 5.92 Å². The zero-order chi connectivity index (χ0) is 10.7. The monoisotopic (exact) mass is 195 g/mol. The Morgan fingerprint density at radius 1 is 1.50 bits per heavy atom. The van der Waals surface area contributed by atoms with Gasteiger partial charge in [-0.2, -0.15) is 0 Å². The highest BCUT2D eigenvalue weighted by molar-refractivity contribution is 5.70. The van der Waals surface area contributed by atoms with Crippen LogP contribution in [-0.4, -0.2) is 16.2 Å². The molecule has 1 aromatic carbocycles. The van der Waals surface area contributed by atoms with Crippen molar-refractivity contribution in [2.75, 3.05) is 0 Å². The number of carboxylic acids is 1. The van der Waals surface area contributed by atoms with Crippen LogP contribution in [0.5, 0.6) is 5.75 Å². The molecule has 0 saturated carbocycles. The van der Waals surface area contributed by atoms with Crippen LogP contribution in [0.1, 0.15) is 18.5 Å². The Bertz CT molecular complexity index is 338. The van der Waals surface area contributed by atoms with E-state index in [2.05, 4.69) is 0 Å². The van der Waals surface area contributed by atoms with Gasteiger partial charge >= 0.3 is 5.97 Å². The summed E-state index contributed by atoms with van der Waals surface area (Å²) in [6.45, 7) is 1.54. The predicted octanol–water partition coefficient (Wildman–Crippen LogP) is 1.11. The molecular weight excluding hydrogens is 182 g/mol. The molecule has 0 fully saturated rings. The quantitative estimate of drug-likeness (QED) is 0.674. The van der Waals surface area contributed by atoms with Gasteiger partial charge in [-0.3, -0.25) is 4.79 Å². The summed E-state index contributed by atoms with van der Waals surface area (Å²) < 4.78 is 0. The number of phenols is 1. The van der Waals surface area contributed by atoms with Gasteiger partial charge in [0.25, 0.3) is 0 Å². The molecule has 4 heteroatoms. The van der Waals surface area contributed by atoms with Gasteiger partial charge in [-0.05, 0) is 17.7 Å². The largest absolute Gasteiger partial charge is 0.508 e. The molecule has 1 rings (SSSR count). The maximum absolute atomic E-state index is 10.7. The smallest absolute Gasteiger partial charge is 0.308 e. The van der Waals surface area contributed by atoms with Gasteiger partial charge in [-0.15, -0.1) is 0 Å². The molecule has 0 aromatic heterocycles. The third kappa shape index (κ3) is 2.23. The summed E-state index contributed by atoms with van der Waals surface area (Å²) in [6.07, 6.45) is 0. The zero-order valence-corrected chi connectivity index (χ0v) is 7.84. The number of benzene rings is 1. The Kier molecular flexibility index (Phi) is 3.09. The summed E-state index contributed by atoms with van der Waals surface area (Å²) in [5.41, 5.74) is 6.34. The lowest BCUT2D eigenvalue weighted by Crippen LogP contribution is -2.25. The van der Waals surface area contributed by atoms with E-state index in [1.807, 2.05) is 0 Å². The lowest BCUT2D eigenvalue weighted by molar-refractivity contribution is -0.141. The van der Waals surface area contributed by atoms with Crippen molar-refractivity contribution in [3.8, 4) is 5.75 Å². The van der Waals surface area contributed by atoms with Gasteiger partial charge in [0.1, 0.15) is 5.75 Å². The molecule has 76 valence electrons. The number of rotatable bonds is 3. The molecule has 0 radical (unpaired) electrons. The molecule has 0 bridgehead atoms. The molecule has 0 saturated heterocycles. The second-order valence-corrected chi connectivity index (χ2v) is 3.25. The second kappa shape index (κ2) is 4.11. The van der Waals surface area contributed by atoms with Gasteiger partial charge in [-0.25, -0.2) is 0 Å². The Hall–Kier alpha value is -1.55.